The van der Waals surface area contributed by atoms with Crippen LogP contribution in [-0.4, -0.2) is 46.1 Å². The number of hydrogen-bond donors (Lipinski definition) is 2. The minimum atomic E-state index is -1.01. The molecule has 2 heterocycles. The van der Waals surface area contributed by atoms with Gasteiger partial charge in [-0.15, -0.1) is 11.3 Å². The molecule has 0 amide bonds. The summed E-state index contributed by atoms with van der Waals surface area (Å²) < 4.78 is 6.86. The maximum atomic E-state index is 11.7. The standard InChI is InChI=1S/C18H18N2O4S3/c1-24-11-3-4-12-10(9-19-13(12)8-11)7-15-16(21)20(18(25)27-15)14(17(22)23)5-6-26-2/h3-4,7-9,14,21H,5-6H2,1-2H3,(H,22,23). The van der Waals surface area contributed by atoms with Crippen LogP contribution < -0.4 is 4.74 Å². The van der Waals surface area contributed by atoms with Crippen LogP contribution in [0, 0.1) is 3.95 Å². The van der Waals surface area contributed by atoms with Gasteiger partial charge in [-0.2, -0.15) is 11.8 Å². The van der Waals surface area contributed by atoms with Crippen molar-refractivity contribution in [3.63, 3.8) is 0 Å². The van der Waals surface area contributed by atoms with Crippen LogP contribution in [0.15, 0.2) is 23.2 Å². The largest absolute Gasteiger partial charge is 0.497 e. The van der Waals surface area contributed by atoms with Gasteiger partial charge in [-0.1, -0.05) is 0 Å². The molecular formula is C18H18N2O4S3. The lowest BCUT2D eigenvalue weighted by Gasteiger charge is -2.14. The first-order valence-electron chi connectivity index (χ1n) is 8.06. The molecule has 2 aromatic rings. The number of ether oxygens (including phenoxy) is 1. The van der Waals surface area contributed by atoms with E-state index in [0.29, 0.717) is 21.0 Å². The molecule has 27 heavy (non-hydrogen) atoms. The van der Waals surface area contributed by atoms with E-state index >= 15 is 0 Å². The lowest BCUT2D eigenvalue weighted by atomic mass is 10.1. The summed E-state index contributed by atoms with van der Waals surface area (Å²) >= 11 is 8.07. The number of carboxylic acid groups (broad SMARTS) is 1. The Morgan fingerprint density at radius 2 is 2.30 bits per heavy atom. The zero-order chi connectivity index (χ0) is 19.6. The van der Waals surface area contributed by atoms with E-state index in [0.717, 1.165) is 22.6 Å². The van der Waals surface area contributed by atoms with Gasteiger partial charge in [0, 0.05) is 23.4 Å². The number of methoxy groups -OCH3 is 1. The van der Waals surface area contributed by atoms with E-state index in [2.05, 4.69) is 4.99 Å². The first-order chi connectivity index (χ1) is 13.0. The first kappa shape index (κ1) is 19.7. The van der Waals surface area contributed by atoms with E-state index in [1.54, 1.807) is 31.2 Å². The van der Waals surface area contributed by atoms with Crippen LogP contribution in [0.1, 0.15) is 22.9 Å². The van der Waals surface area contributed by atoms with Crippen molar-refractivity contribution in [2.24, 2.45) is 4.99 Å². The summed E-state index contributed by atoms with van der Waals surface area (Å²) in [4.78, 5) is 16.5. The van der Waals surface area contributed by atoms with E-state index in [1.165, 1.54) is 15.9 Å². The van der Waals surface area contributed by atoms with Crippen LogP contribution in [-0.2, 0) is 4.79 Å². The number of aliphatic carboxylic acids is 1. The first-order valence-corrected chi connectivity index (χ1v) is 10.7. The van der Waals surface area contributed by atoms with Gasteiger partial charge in [-0.05, 0) is 48.9 Å². The number of aliphatic imine (C=N–C) groups is 1. The Morgan fingerprint density at radius 1 is 1.52 bits per heavy atom. The van der Waals surface area contributed by atoms with Crippen molar-refractivity contribution in [2.45, 2.75) is 12.5 Å². The van der Waals surface area contributed by atoms with E-state index in [9.17, 15) is 15.0 Å². The highest BCUT2D eigenvalue weighted by Crippen LogP contribution is 2.38. The molecule has 142 valence electrons. The summed E-state index contributed by atoms with van der Waals surface area (Å²) in [6.45, 7) is 0. The van der Waals surface area contributed by atoms with Gasteiger partial charge in [0.2, 0.25) is 5.88 Å². The number of aromatic nitrogens is 1. The van der Waals surface area contributed by atoms with Gasteiger partial charge in [0.15, 0.2) is 3.95 Å². The lowest BCUT2D eigenvalue weighted by Crippen LogP contribution is -2.19. The van der Waals surface area contributed by atoms with Gasteiger partial charge in [0.1, 0.15) is 11.8 Å². The van der Waals surface area contributed by atoms with Crippen molar-refractivity contribution in [2.75, 3.05) is 19.1 Å². The molecule has 0 saturated heterocycles. The third-order valence-corrected chi connectivity index (χ3v) is 6.16. The Balaban J connectivity index is 1.99. The molecule has 2 N–H and O–H groups in total. The summed E-state index contributed by atoms with van der Waals surface area (Å²) in [5.41, 5.74) is 2.52. The Kier molecular flexibility index (Phi) is 6.03. The highest BCUT2D eigenvalue weighted by molar-refractivity contribution is 7.98. The van der Waals surface area contributed by atoms with Gasteiger partial charge in [0.05, 0.1) is 17.7 Å². The second kappa shape index (κ2) is 8.28. The van der Waals surface area contributed by atoms with Crippen LogP contribution in [0.25, 0.3) is 11.6 Å². The molecule has 1 aliphatic heterocycles. The molecule has 0 radical (unpaired) electrons. The van der Waals surface area contributed by atoms with Gasteiger partial charge >= 0.3 is 5.97 Å². The SMILES string of the molecule is COc1ccc2c(c1)N=CC2=Cc1sc(=S)n(C(CCSC)C(=O)O)c1O. The third-order valence-electron chi connectivity index (χ3n) is 4.18. The van der Waals surface area contributed by atoms with Gasteiger partial charge in [0.25, 0.3) is 0 Å². The quantitative estimate of drug-likeness (QED) is 0.633. The number of rotatable bonds is 7. The smallest absolute Gasteiger partial charge is 0.326 e. The molecule has 0 saturated carbocycles. The van der Waals surface area contributed by atoms with Crippen LogP contribution in [0.4, 0.5) is 5.69 Å². The molecule has 1 aliphatic rings. The molecule has 0 aliphatic carbocycles. The highest BCUT2D eigenvalue weighted by Gasteiger charge is 2.25. The average molecular weight is 423 g/mol. The van der Waals surface area contributed by atoms with Crippen molar-refractivity contribution in [3.05, 3.63) is 32.6 Å². The highest BCUT2D eigenvalue weighted by atomic mass is 32.2. The number of aromatic hydroxyl groups is 1. The van der Waals surface area contributed by atoms with Crippen LogP contribution in [0.2, 0.25) is 0 Å². The van der Waals surface area contributed by atoms with Crippen molar-refractivity contribution in [1.82, 2.24) is 4.57 Å². The maximum Gasteiger partial charge on any atom is 0.326 e. The molecule has 1 aromatic heterocycles. The number of allylic oxidation sites excluding steroid dienone is 1. The Morgan fingerprint density at radius 3 is 2.96 bits per heavy atom. The summed E-state index contributed by atoms with van der Waals surface area (Å²) in [5.74, 6) is 0.246. The van der Waals surface area contributed by atoms with Crippen LogP contribution >= 0.6 is 35.3 Å². The maximum absolute atomic E-state index is 11.7. The predicted molar refractivity (Wildman–Crippen MR) is 113 cm³/mol. The summed E-state index contributed by atoms with van der Waals surface area (Å²) in [7, 11) is 1.60. The summed E-state index contributed by atoms with van der Waals surface area (Å²) in [5, 5.41) is 20.2. The fourth-order valence-corrected chi connectivity index (χ4v) is 4.63. The second-order valence-corrected chi connectivity index (χ2v) is 8.46. The Bertz CT molecular complexity index is 991. The van der Waals surface area contributed by atoms with Gasteiger partial charge < -0.3 is 14.9 Å². The van der Waals surface area contributed by atoms with E-state index in [-0.39, 0.29) is 5.88 Å². The number of nitrogens with zero attached hydrogens (tertiary/aromatic N) is 2. The molecule has 9 heteroatoms. The topological polar surface area (TPSA) is 84.1 Å². The molecule has 1 unspecified atom stereocenters. The third kappa shape index (κ3) is 3.95. The fourth-order valence-electron chi connectivity index (χ4n) is 2.81. The number of carbonyl (C=O) groups is 1. The Hall–Kier alpha value is -2.10. The monoisotopic (exact) mass is 422 g/mol. The van der Waals surface area contributed by atoms with Crippen molar-refractivity contribution >= 4 is 64.8 Å². The second-order valence-electron chi connectivity index (χ2n) is 5.80. The molecule has 1 atom stereocenters. The average Bonchev–Trinajstić information content (AvgIpc) is 3.17. The molecule has 1 aromatic carbocycles. The molecule has 0 fully saturated rings. The number of hydrogen-bond acceptors (Lipinski definition) is 7. The lowest BCUT2D eigenvalue weighted by molar-refractivity contribution is -0.141. The number of carboxylic acids is 1. The normalized spacial score (nSPS) is 15.1. The van der Waals surface area contributed by atoms with Crippen LogP contribution in [0.5, 0.6) is 11.6 Å². The number of thioether (sulfide) groups is 1. The zero-order valence-corrected chi connectivity index (χ0v) is 17.2. The molecular weight excluding hydrogens is 404 g/mol. The van der Waals surface area contributed by atoms with E-state index < -0.39 is 12.0 Å². The molecule has 0 bridgehead atoms. The minimum Gasteiger partial charge on any atom is -0.497 e. The molecule has 3 rings (SSSR count). The summed E-state index contributed by atoms with van der Waals surface area (Å²) in [6, 6.07) is 4.69. The van der Waals surface area contributed by atoms with E-state index in [4.69, 9.17) is 17.0 Å². The number of benzene rings is 1. The molecule has 6 nitrogen and oxygen atoms in total. The minimum absolute atomic E-state index is 0.124. The van der Waals surface area contributed by atoms with Crippen molar-refractivity contribution in [3.8, 4) is 11.6 Å². The Labute approximate surface area is 169 Å². The van der Waals surface area contributed by atoms with E-state index in [1.807, 2.05) is 24.5 Å². The zero-order valence-electron chi connectivity index (χ0n) is 14.7. The summed E-state index contributed by atoms with van der Waals surface area (Å²) in [6.07, 6.45) is 5.78. The number of thiazole rings is 1. The van der Waals surface area contributed by atoms with Gasteiger partial charge in [-0.3, -0.25) is 9.56 Å². The van der Waals surface area contributed by atoms with Crippen molar-refractivity contribution < 1.29 is 19.7 Å². The van der Waals surface area contributed by atoms with Crippen molar-refractivity contribution in [1.29, 1.82) is 0 Å². The predicted octanol–water partition coefficient (Wildman–Crippen LogP) is 4.63. The number of fused-ring (bicyclic) bond motifs is 1. The fraction of sp³-hybridized carbons (Fsp3) is 0.278. The van der Waals surface area contributed by atoms with Crippen LogP contribution in [0.3, 0.4) is 0 Å². The van der Waals surface area contributed by atoms with Gasteiger partial charge in [-0.25, -0.2) is 4.79 Å². The molecule has 0 spiro atoms.